The summed E-state index contributed by atoms with van der Waals surface area (Å²) in [7, 11) is 1.66. The molecule has 0 unspecified atom stereocenters. The average molecular weight is 369 g/mol. The Morgan fingerprint density at radius 3 is 2.15 bits per heavy atom. The highest BCUT2D eigenvalue weighted by Crippen LogP contribution is 2.12. The first-order valence-electron chi connectivity index (χ1n) is 8.54. The van der Waals surface area contributed by atoms with Gasteiger partial charge in [0.05, 0.1) is 0 Å². The second kappa shape index (κ2) is 9.52. The van der Waals surface area contributed by atoms with Crippen molar-refractivity contribution in [2.24, 2.45) is 0 Å². The third-order valence-corrected chi connectivity index (χ3v) is 3.94. The third kappa shape index (κ3) is 6.58. The van der Waals surface area contributed by atoms with Crippen molar-refractivity contribution in [1.82, 2.24) is 4.90 Å². The number of benzene rings is 2. The molecular formula is C21H23NO5. The molecule has 0 aliphatic carbocycles. The summed E-state index contributed by atoms with van der Waals surface area (Å²) >= 11 is 0. The summed E-state index contributed by atoms with van der Waals surface area (Å²) in [5.74, 6) is -0.536. The molecule has 0 atom stereocenters. The van der Waals surface area contributed by atoms with Crippen molar-refractivity contribution in [3.05, 3.63) is 65.2 Å². The number of amides is 1. The minimum absolute atomic E-state index is 0.0470. The number of hydrogen-bond donors (Lipinski definition) is 0. The van der Waals surface area contributed by atoms with Gasteiger partial charge in [-0.25, -0.2) is 4.79 Å². The molecule has 6 nitrogen and oxygen atoms in total. The molecule has 0 heterocycles. The zero-order chi connectivity index (χ0) is 19.8. The number of Topliss-reactive ketones (excluding diaryl/α,β-unsaturated/α-hetero) is 1. The van der Waals surface area contributed by atoms with Crippen molar-refractivity contribution in [3.8, 4) is 5.75 Å². The smallest absolute Gasteiger partial charge is 0.344 e. The Labute approximate surface area is 158 Å². The molecule has 0 spiro atoms. The minimum atomic E-state index is -0.636. The van der Waals surface area contributed by atoms with Crippen LogP contribution < -0.4 is 4.74 Å². The van der Waals surface area contributed by atoms with Crippen molar-refractivity contribution < 1.29 is 23.9 Å². The quantitative estimate of drug-likeness (QED) is 0.528. The lowest BCUT2D eigenvalue weighted by Gasteiger charge is -2.17. The van der Waals surface area contributed by atoms with Crippen molar-refractivity contribution in [2.75, 3.05) is 20.3 Å². The van der Waals surface area contributed by atoms with Gasteiger partial charge in [0, 0.05) is 19.2 Å². The van der Waals surface area contributed by atoms with Gasteiger partial charge in [-0.2, -0.15) is 0 Å². The van der Waals surface area contributed by atoms with Crippen LogP contribution in [0.3, 0.4) is 0 Å². The summed E-state index contributed by atoms with van der Waals surface area (Å²) in [6, 6.07) is 14.3. The summed E-state index contributed by atoms with van der Waals surface area (Å²) in [6.07, 6.45) is 0. The van der Waals surface area contributed by atoms with Gasteiger partial charge in [0.2, 0.25) is 0 Å². The van der Waals surface area contributed by atoms with Crippen LogP contribution in [0.15, 0.2) is 48.5 Å². The van der Waals surface area contributed by atoms with E-state index in [9.17, 15) is 14.4 Å². The van der Waals surface area contributed by atoms with E-state index in [2.05, 4.69) is 0 Å². The van der Waals surface area contributed by atoms with Crippen LogP contribution >= 0.6 is 0 Å². The second-order valence-electron chi connectivity index (χ2n) is 6.27. The molecule has 0 saturated heterocycles. The Balaban J connectivity index is 1.73. The van der Waals surface area contributed by atoms with Gasteiger partial charge >= 0.3 is 5.97 Å². The predicted octanol–water partition coefficient (Wildman–Crippen LogP) is 2.78. The fourth-order valence-electron chi connectivity index (χ4n) is 2.28. The number of hydrogen-bond acceptors (Lipinski definition) is 5. The zero-order valence-corrected chi connectivity index (χ0v) is 15.7. The van der Waals surface area contributed by atoms with E-state index in [0.29, 0.717) is 17.9 Å². The van der Waals surface area contributed by atoms with E-state index in [1.165, 1.54) is 11.8 Å². The van der Waals surface area contributed by atoms with Crippen LogP contribution in [0.4, 0.5) is 0 Å². The highest BCUT2D eigenvalue weighted by atomic mass is 16.6. The molecule has 0 saturated carbocycles. The molecule has 0 aliphatic heterocycles. The maximum atomic E-state index is 12.1. The number of ether oxygens (including phenoxy) is 2. The first kappa shape index (κ1) is 20.2. The number of ketones is 1. The van der Waals surface area contributed by atoms with Gasteiger partial charge in [-0.1, -0.05) is 29.8 Å². The molecule has 0 bridgehead atoms. The second-order valence-corrected chi connectivity index (χ2v) is 6.27. The van der Waals surface area contributed by atoms with E-state index >= 15 is 0 Å². The largest absolute Gasteiger partial charge is 0.482 e. The summed E-state index contributed by atoms with van der Waals surface area (Å²) in [6.45, 7) is 3.26. The standard InChI is InChI=1S/C21H23NO5/c1-15-4-6-17(7-5-15)12-22(3)20(24)13-27-21(25)14-26-19-10-8-18(9-11-19)16(2)23/h4-11H,12-14H2,1-3H3. The molecule has 2 rings (SSSR count). The van der Waals surface area contributed by atoms with Crippen LogP contribution in [0.1, 0.15) is 28.4 Å². The van der Waals surface area contributed by atoms with Crippen LogP contribution in [-0.2, 0) is 20.9 Å². The number of aryl methyl sites for hydroxylation is 1. The average Bonchev–Trinajstić information content (AvgIpc) is 2.66. The minimum Gasteiger partial charge on any atom is -0.482 e. The van der Waals surface area contributed by atoms with E-state index < -0.39 is 5.97 Å². The van der Waals surface area contributed by atoms with E-state index in [-0.39, 0.29) is 24.9 Å². The fraction of sp³-hybridized carbons (Fsp3) is 0.286. The maximum Gasteiger partial charge on any atom is 0.344 e. The lowest BCUT2D eigenvalue weighted by molar-refractivity contribution is -0.153. The normalized spacial score (nSPS) is 10.2. The maximum absolute atomic E-state index is 12.1. The van der Waals surface area contributed by atoms with Gasteiger partial charge in [0.25, 0.3) is 5.91 Å². The molecule has 0 aromatic heterocycles. The summed E-state index contributed by atoms with van der Waals surface area (Å²) < 4.78 is 10.2. The highest BCUT2D eigenvalue weighted by molar-refractivity contribution is 5.94. The molecule has 6 heteroatoms. The Morgan fingerprint density at radius 2 is 1.56 bits per heavy atom. The number of rotatable bonds is 8. The first-order valence-corrected chi connectivity index (χ1v) is 8.54. The van der Waals surface area contributed by atoms with Crippen molar-refractivity contribution in [2.45, 2.75) is 20.4 Å². The number of esters is 1. The molecule has 2 aromatic carbocycles. The van der Waals surface area contributed by atoms with E-state index in [0.717, 1.165) is 11.1 Å². The summed E-state index contributed by atoms with van der Waals surface area (Å²) in [5, 5.41) is 0. The Hall–Kier alpha value is -3.15. The number of nitrogens with zero attached hydrogens (tertiary/aromatic N) is 1. The molecule has 2 aromatic rings. The molecular weight excluding hydrogens is 346 g/mol. The van der Waals surface area contributed by atoms with Gasteiger partial charge in [0.1, 0.15) is 5.75 Å². The van der Waals surface area contributed by atoms with Gasteiger partial charge in [-0.3, -0.25) is 9.59 Å². The number of carbonyl (C=O) groups is 3. The van der Waals surface area contributed by atoms with Crippen LogP contribution in [0.5, 0.6) is 5.75 Å². The molecule has 0 aliphatic rings. The Bertz CT molecular complexity index is 796. The molecule has 1 amide bonds. The van der Waals surface area contributed by atoms with Crippen molar-refractivity contribution in [1.29, 1.82) is 0 Å². The monoisotopic (exact) mass is 369 g/mol. The summed E-state index contributed by atoms with van der Waals surface area (Å²) in [5.41, 5.74) is 2.71. The highest BCUT2D eigenvalue weighted by Gasteiger charge is 2.13. The van der Waals surface area contributed by atoms with Crippen molar-refractivity contribution in [3.63, 3.8) is 0 Å². The fourth-order valence-corrected chi connectivity index (χ4v) is 2.28. The number of carbonyl (C=O) groups excluding carboxylic acids is 3. The van der Waals surface area contributed by atoms with E-state index in [1.54, 1.807) is 31.3 Å². The third-order valence-electron chi connectivity index (χ3n) is 3.94. The molecule has 27 heavy (non-hydrogen) atoms. The molecule has 0 N–H and O–H groups in total. The predicted molar refractivity (Wildman–Crippen MR) is 101 cm³/mol. The number of likely N-dealkylation sites (N-methyl/N-ethyl adjacent to an activating group) is 1. The SMILES string of the molecule is CC(=O)c1ccc(OCC(=O)OCC(=O)N(C)Cc2ccc(C)cc2)cc1. The van der Waals surface area contributed by atoms with Crippen molar-refractivity contribution >= 4 is 17.7 Å². The van der Waals surface area contributed by atoms with Gasteiger partial charge in [-0.05, 0) is 43.7 Å². The first-order chi connectivity index (χ1) is 12.8. The van der Waals surface area contributed by atoms with E-state index in [1.807, 2.05) is 31.2 Å². The van der Waals surface area contributed by atoms with E-state index in [4.69, 9.17) is 9.47 Å². The van der Waals surface area contributed by atoms with Crippen LogP contribution in [-0.4, -0.2) is 42.8 Å². The molecule has 0 fully saturated rings. The summed E-state index contributed by atoms with van der Waals surface area (Å²) in [4.78, 5) is 36.5. The topological polar surface area (TPSA) is 72.9 Å². The zero-order valence-electron chi connectivity index (χ0n) is 15.7. The van der Waals surface area contributed by atoms with Gasteiger partial charge < -0.3 is 14.4 Å². The Kier molecular flexibility index (Phi) is 7.11. The van der Waals surface area contributed by atoms with Crippen LogP contribution in [0.25, 0.3) is 0 Å². The molecule has 142 valence electrons. The lowest BCUT2D eigenvalue weighted by Crippen LogP contribution is -2.31. The van der Waals surface area contributed by atoms with Gasteiger partial charge in [-0.15, -0.1) is 0 Å². The van der Waals surface area contributed by atoms with Crippen LogP contribution in [0.2, 0.25) is 0 Å². The van der Waals surface area contributed by atoms with Crippen LogP contribution in [0, 0.1) is 6.92 Å². The Morgan fingerprint density at radius 1 is 0.926 bits per heavy atom. The van der Waals surface area contributed by atoms with Gasteiger partial charge in [0.15, 0.2) is 19.0 Å². The lowest BCUT2D eigenvalue weighted by atomic mass is 10.1. The molecule has 0 radical (unpaired) electrons.